The lowest BCUT2D eigenvalue weighted by atomic mass is 9.93. The van der Waals surface area contributed by atoms with Crippen molar-refractivity contribution >= 4 is 32.8 Å². The van der Waals surface area contributed by atoms with Crippen molar-refractivity contribution in [2.24, 2.45) is 5.41 Å². The molecule has 6 nitrogen and oxygen atoms in total. The van der Waals surface area contributed by atoms with Gasteiger partial charge in [0.2, 0.25) is 10.0 Å². The van der Waals surface area contributed by atoms with Gasteiger partial charge in [0.25, 0.3) is 0 Å². The fourth-order valence-corrected chi connectivity index (χ4v) is 4.91. The summed E-state index contributed by atoms with van der Waals surface area (Å²) in [5.74, 6) is 0. The zero-order valence-electron chi connectivity index (χ0n) is 13.3. The molecule has 1 heterocycles. The third kappa shape index (κ3) is 3.06. The normalized spacial score (nSPS) is 17.5. The van der Waals surface area contributed by atoms with E-state index in [0.717, 1.165) is 30.1 Å². The molecular weight excluding hydrogens is 358 g/mol. The molecule has 8 heteroatoms. The number of nitrogens with one attached hydrogen (secondary N) is 1. The molecule has 4 rings (SSSR count). The molecule has 0 aliphatic heterocycles. The molecule has 1 unspecified atom stereocenters. The molecule has 1 fully saturated rings. The molecule has 0 spiro atoms. The minimum absolute atomic E-state index is 0.128. The molecule has 0 radical (unpaired) electrons. The molecule has 1 atom stereocenters. The molecule has 2 N–H and O–H groups in total. The van der Waals surface area contributed by atoms with E-state index in [-0.39, 0.29) is 11.4 Å². The number of nitrogens with zero attached hydrogens (tertiary/aromatic N) is 2. The van der Waals surface area contributed by atoms with Crippen LogP contribution in [0.2, 0.25) is 0 Å². The van der Waals surface area contributed by atoms with Gasteiger partial charge in [0.05, 0.1) is 17.8 Å². The van der Waals surface area contributed by atoms with E-state index in [1.807, 2.05) is 30.3 Å². The Morgan fingerprint density at radius 2 is 1.88 bits per heavy atom. The smallest absolute Gasteiger partial charge is 0.242 e. The minimum Gasteiger partial charge on any atom is -0.388 e. The Hall–Kier alpha value is -1.87. The monoisotopic (exact) mass is 375 g/mol. The number of hydrogen-bond donors (Lipinski definition) is 2. The van der Waals surface area contributed by atoms with Crippen LogP contribution in [0.3, 0.4) is 0 Å². The van der Waals surface area contributed by atoms with E-state index >= 15 is 0 Å². The second-order valence-corrected chi connectivity index (χ2v) is 8.65. The van der Waals surface area contributed by atoms with Gasteiger partial charge in [-0.05, 0) is 30.5 Å². The molecule has 25 heavy (non-hydrogen) atoms. The number of benzene rings is 2. The van der Waals surface area contributed by atoms with Gasteiger partial charge in [-0.2, -0.15) is 8.75 Å². The lowest BCUT2D eigenvalue weighted by Crippen LogP contribution is -2.33. The number of aromatic nitrogens is 2. The number of sulfonamides is 1. The average molecular weight is 375 g/mol. The first-order chi connectivity index (χ1) is 12.0. The third-order valence-corrected chi connectivity index (χ3v) is 6.72. The summed E-state index contributed by atoms with van der Waals surface area (Å²) in [5.41, 5.74) is 1.32. The Labute approximate surface area is 149 Å². The second kappa shape index (κ2) is 6.14. The van der Waals surface area contributed by atoms with E-state index < -0.39 is 21.5 Å². The molecule has 0 saturated heterocycles. The molecular formula is C17H17N3O3S2. The Morgan fingerprint density at radius 1 is 1.12 bits per heavy atom. The van der Waals surface area contributed by atoms with E-state index in [2.05, 4.69) is 13.5 Å². The Balaban J connectivity index is 1.55. The van der Waals surface area contributed by atoms with Crippen LogP contribution in [0, 0.1) is 5.41 Å². The number of aliphatic hydroxyl groups is 1. The zero-order valence-corrected chi connectivity index (χ0v) is 14.9. The van der Waals surface area contributed by atoms with Gasteiger partial charge in [0, 0.05) is 12.0 Å². The Kier molecular flexibility index (Phi) is 4.07. The molecule has 1 aliphatic rings. The standard InChI is InChI=1S/C17H17N3O3S2/c21-16(12-5-2-1-3-6-12)17(9-10-17)11-18-25(22,23)14-8-4-7-13-15(14)20-24-19-13/h1-8,16,18,21H,9-11H2. The minimum atomic E-state index is -3.72. The van der Waals surface area contributed by atoms with Gasteiger partial charge >= 0.3 is 0 Å². The molecule has 1 saturated carbocycles. The molecule has 1 aliphatic carbocycles. The highest BCUT2D eigenvalue weighted by Crippen LogP contribution is 2.54. The van der Waals surface area contributed by atoms with E-state index in [4.69, 9.17) is 0 Å². The summed E-state index contributed by atoms with van der Waals surface area (Å²) >= 11 is 0.989. The SMILES string of the molecule is O=S(=O)(NCC1(C(O)c2ccccc2)CC1)c1cccc2nsnc12. The van der Waals surface area contributed by atoms with Crippen LogP contribution in [0.25, 0.3) is 11.0 Å². The van der Waals surface area contributed by atoms with Gasteiger partial charge in [-0.25, -0.2) is 13.1 Å². The van der Waals surface area contributed by atoms with Crippen molar-refractivity contribution in [3.05, 3.63) is 54.1 Å². The second-order valence-electron chi connectivity index (χ2n) is 6.39. The fraction of sp³-hybridized carbons (Fsp3) is 0.294. The van der Waals surface area contributed by atoms with Gasteiger partial charge in [0.15, 0.2) is 0 Å². The van der Waals surface area contributed by atoms with Crippen molar-refractivity contribution in [3.8, 4) is 0 Å². The first kappa shape index (κ1) is 16.6. The van der Waals surface area contributed by atoms with E-state index in [1.54, 1.807) is 12.1 Å². The summed E-state index contributed by atoms with van der Waals surface area (Å²) in [7, 11) is -3.72. The molecule has 130 valence electrons. The predicted octanol–water partition coefficient (Wildman–Crippen LogP) is 2.48. The largest absolute Gasteiger partial charge is 0.388 e. The first-order valence-corrected chi connectivity index (χ1v) is 10.2. The highest BCUT2D eigenvalue weighted by molar-refractivity contribution is 7.89. The van der Waals surface area contributed by atoms with Crippen LogP contribution in [-0.2, 0) is 10.0 Å². The summed E-state index contributed by atoms with van der Waals surface area (Å²) < 4.78 is 36.3. The number of aliphatic hydroxyl groups excluding tert-OH is 1. The zero-order chi connectivity index (χ0) is 17.5. The molecule has 3 aromatic rings. The molecule has 1 aromatic heterocycles. The topological polar surface area (TPSA) is 92.2 Å². The Bertz CT molecular complexity index is 998. The van der Waals surface area contributed by atoms with Crippen LogP contribution < -0.4 is 4.72 Å². The molecule has 2 aromatic carbocycles. The number of rotatable bonds is 6. The Morgan fingerprint density at radius 3 is 2.60 bits per heavy atom. The summed E-state index contributed by atoms with van der Waals surface area (Å²) in [6.45, 7) is 0.194. The van der Waals surface area contributed by atoms with E-state index in [0.29, 0.717) is 11.0 Å². The van der Waals surface area contributed by atoms with E-state index in [1.165, 1.54) is 6.07 Å². The number of fused-ring (bicyclic) bond motifs is 1. The van der Waals surface area contributed by atoms with Crippen molar-refractivity contribution in [1.82, 2.24) is 13.5 Å². The first-order valence-electron chi connectivity index (χ1n) is 7.96. The highest BCUT2D eigenvalue weighted by atomic mass is 32.2. The third-order valence-electron chi connectivity index (χ3n) is 4.74. The van der Waals surface area contributed by atoms with Gasteiger partial charge in [-0.3, -0.25) is 0 Å². The summed E-state index contributed by atoms with van der Waals surface area (Å²) in [6, 6.07) is 14.3. The van der Waals surface area contributed by atoms with Crippen LogP contribution in [0.15, 0.2) is 53.4 Å². The van der Waals surface area contributed by atoms with Crippen molar-refractivity contribution in [2.75, 3.05) is 6.54 Å². The van der Waals surface area contributed by atoms with Crippen LogP contribution in [0.1, 0.15) is 24.5 Å². The van der Waals surface area contributed by atoms with Gasteiger partial charge in [0.1, 0.15) is 15.9 Å². The quantitative estimate of drug-likeness (QED) is 0.690. The summed E-state index contributed by atoms with van der Waals surface area (Å²) in [4.78, 5) is 0.128. The molecule has 0 bridgehead atoms. The maximum Gasteiger partial charge on any atom is 0.242 e. The predicted molar refractivity (Wildman–Crippen MR) is 95.7 cm³/mol. The lowest BCUT2D eigenvalue weighted by Gasteiger charge is -2.23. The van der Waals surface area contributed by atoms with Crippen LogP contribution in [0.4, 0.5) is 0 Å². The lowest BCUT2D eigenvalue weighted by molar-refractivity contribution is 0.0953. The van der Waals surface area contributed by atoms with Crippen LogP contribution in [-0.4, -0.2) is 28.8 Å². The average Bonchev–Trinajstić information content (AvgIpc) is 3.28. The summed E-state index contributed by atoms with van der Waals surface area (Å²) in [5, 5.41) is 10.7. The van der Waals surface area contributed by atoms with Crippen LogP contribution in [0.5, 0.6) is 0 Å². The maximum atomic E-state index is 12.7. The van der Waals surface area contributed by atoms with Crippen molar-refractivity contribution in [3.63, 3.8) is 0 Å². The van der Waals surface area contributed by atoms with Crippen molar-refractivity contribution < 1.29 is 13.5 Å². The van der Waals surface area contributed by atoms with Crippen molar-refractivity contribution in [1.29, 1.82) is 0 Å². The van der Waals surface area contributed by atoms with Crippen molar-refractivity contribution in [2.45, 2.75) is 23.8 Å². The van der Waals surface area contributed by atoms with Crippen LogP contribution >= 0.6 is 11.7 Å². The maximum absolute atomic E-state index is 12.7. The fourth-order valence-electron chi connectivity index (χ4n) is 3.01. The summed E-state index contributed by atoms with van der Waals surface area (Å²) in [6.07, 6.45) is 0.885. The molecule has 0 amide bonds. The van der Waals surface area contributed by atoms with E-state index in [9.17, 15) is 13.5 Å². The van der Waals surface area contributed by atoms with Gasteiger partial charge < -0.3 is 5.11 Å². The highest BCUT2D eigenvalue weighted by Gasteiger charge is 2.49. The van der Waals surface area contributed by atoms with Gasteiger partial charge in [-0.15, -0.1) is 0 Å². The van der Waals surface area contributed by atoms with Gasteiger partial charge in [-0.1, -0.05) is 36.4 Å². The number of hydrogen-bond acceptors (Lipinski definition) is 6.